The summed E-state index contributed by atoms with van der Waals surface area (Å²) >= 11 is 0. The molecule has 0 saturated heterocycles. The largest absolute Gasteiger partial charge is 0.277 e. The average Bonchev–Trinajstić information content (AvgIpc) is 2.91. The van der Waals surface area contributed by atoms with Crippen LogP contribution in [0.1, 0.15) is 56.6 Å². The minimum Gasteiger partial charge on any atom is -0.202 e. The predicted molar refractivity (Wildman–Crippen MR) is 86.5 cm³/mol. The zero-order valence-corrected chi connectivity index (χ0v) is 13.7. The van der Waals surface area contributed by atoms with Crippen LogP contribution in [0.4, 0.5) is 0 Å². The van der Waals surface area contributed by atoms with Crippen molar-refractivity contribution in [2.45, 2.75) is 57.9 Å². The number of benzene rings is 1. The molecule has 1 aromatic carbocycles. The summed E-state index contributed by atoms with van der Waals surface area (Å²) in [5.74, 6) is 0.521. The Morgan fingerprint density at radius 3 is 2.33 bits per heavy atom. The van der Waals surface area contributed by atoms with Crippen LogP contribution in [-0.4, -0.2) is 21.0 Å². The lowest BCUT2D eigenvalue weighted by Crippen LogP contribution is -2.42. The van der Waals surface area contributed by atoms with E-state index in [9.17, 15) is 8.42 Å². The van der Waals surface area contributed by atoms with Crippen molar-refractivity contribution < 1.29 is 8.42 Å². The molecule has 5 heteroatoms. The van der Waals surface area contributed by atoms with E-state index >= 15 is 0 Å². The number of rotatable bonds is 7. The molecular weight excluding hydrogens is 284 g/mol. The fraction of sp³-hybridized carbons (Fsp3) is 0.625. The number of hydrogen-bond acceptors (Lipinski definition) is 2. The number of hydrogen-bond donors (Lipinski definition) is 2. The number of nitrogens with one attached hydrogen (secondary N) is 2. The van der Waals surface area contributed by atoms with E-state index in [-0.39, 0.29) is 6.04 Å². The van der Waals surface area contributed by atoms with Crippen LogP contribution in [0.15, 0.2) is 24.3 Å². The molecule has 0 heterocycles. The maximum absolute atomic E-state index is 11.9. The van der Waals surface area contributed by atoms with Gasteiger partial charge in [0.1, 0.15) is 0 Å². The van der Waals surface area contributed by atoms with Crippen molar-refractivity contribution in [3.05, 3.63) is 35.4 Å². The van der Waals surface area contributed by atoms with Gasteiger partial charge in [-0.1, -0.05) is 51.0 Å². The van der Waals surface area contributed by atoms with Crippen LogP contribution < -0.4 is 9.44 Å². The van der Waals surface area contributed by atoms with E-state index in [1.54, 1.807) is 0 Å². The Labute approximate surface area is 128 Å². The molecule has 0 aliphatic heterocycles. The third kappa shape index (κ3) is 5.41. The van der Waals surface area contributed by atoms with Gasteiger partial charge in [0.05, 0.1) is 0 Å². The van der Waals surface area contributed by atoms with Crippen molar-refractivity contribution in [2.75, 3.05) is 6.54 Å². The van der Waals surface area contributed by atoms with Gasteiger partial charge in [-0.3, -0.25) is 0 Å². The van der Waals surface area contributed by atoms with Crippen LogP contribution in [0, 0.1) is 0 Å². The second kappa shape index (κ2) is 7.38. The molecule has 0 amide bonds. The van der Waals surface area contributed by atoms with Gasteiger partial charge in [-0.2, -0.15) is 13.1 Å². The first kappa shape index (κ1) is 16.5. The zero-order valence-electron chi connectivity index (χ0n) is 12.9. The van der Waals surface area contributed by atoms with Gasteiger partial charge in [-0.05, 0) is 36.3 Å². The third-order valence-electron chi connectivity index (χ3n) is 4.03. The summed E-state index contributed by atoms with van der Waals surface area (Å²) in [5, 5.41) is 0. The second-order valence-electron chi connectivity index (χ2n) is 6.14. The van der Waals surface area contributed by atoms with Crippen molar-refractivity contribution in [2.24, 2.45) is 0 Å². The highest BCUT2D eigenvalue weighted by atomic mass is 32.2. The molecule has 0 aromatic heterocycles. The predicted octanol–water partition coefficient (Wildman–Crippen LogP) is 2.72. The lowest BCUT2D eigenvalue weighted by Gasteiger charge is -2.13. The Bertz CT molecular complexity index is 532. The van der Waals surface area contributed by atoms with Gasteiger partial charge >= 0.3 is 0 Å². The van der Waals surface area contributed by atoms with Crippen LogP contribution in [0.2, 0.25) is 0 Å². The molecule has 1 saturated carbocycles. The quantitative estimate of drug-likeness (QED) is 0.813. The summed E-state index contributed by atoms with van der Waals surface area (Å²) in [7, 11) is -3.36. The highest BCUT2D eigenvalue weighted by Gasteiger charge is 2.20. The summed E-state index contributed by atoms with van der Waals surface area (Å²) < 4.78 is 29.2. The van der Waals surface area contributed by atoms with Crippen molar-refractivity contribution in [3.8, 4) is 0 Å². The van der Waals surface area contributed by atoms with Gasteiger partial charge < -0.3 is 0 Å². The molecule has 1 aromatic rings. The van der Waals surface area contributed by atoms with Crippen LogP contribution >= 0.6 is 0 Å². The lowest BCUT2D eigenvalue weighted by molar-refractivity contribution is 0.539. The fourth-order valence-electron chi connectivity index (χ4n) is 2.70. The first-order valence-corrected chi connectivity index (χ1v) is 9.30. The van der Waals surface area contributed by atoms with Gasteiger partial charge in [-0.25, -0.2) is 4.72 Å². The molecule has 2 N–H and O–H groups in total. The Morgan fingerprint density at radius 2 is 1.76 bits per heavy atom. The van der Waals surface area contributed by atoms with E-state index in [0.29, 0.717) is 18.9 Å². The minimum atomic E-state index is -3.36. The molecule has 0 atom stereocenters. The summed E-state index contributed by atoms with van der Waals surface area (Å²) in [6.45, 7) is 4.76. The standard InChI is InChI=1S/C16H26N2O2S/c1-13(2)15-9-7-14(8-10-15)11-12-17-21(19,20)18-16-5-3-4-6-16/h7-10,13,16-18H,3-6,11-12H2,1-2H3. The molecular formula is C16H26N2O2S. The van der Waals surface area contributed by atoms with Gasteiger partial charge in [-0.15, -0.1) is 0 Å². The monoisotopic (exact) mass is 310 g/mol. The Balaban J connectivity index is 1.77. The van der Waals surface area contributed by atoms with E-state index in [0.717, 1.165) is 31.2 Å². The lowest BCUT2D eigenvalue weighted by atomic mass is 10.0. The van der Waals surface area contributed by atoms with Crippen LogP contribution in [-0.2, 0) is 16.6 Å². The Morgan fingerprint density at radius 1 is 1.14 bits per heavy atom. The molecule has 4 nitrogen and oxygen atoms in total. The molecule has 1 aliphatic carbocycles. The smallest absolute Gasteiger partial charge is 0.202 e. The van der Waals surface area contributed by atoms with E-state index in [2.05, 4.69) is 47.6 Å². The summed E-state index contributed by atoms with van der Waals surface area (Å²) in [6, 6.07) is 8.51. The maximum atomic E-state index is 11.9. The molecule has 0 unspecified atom stereocenters. The minimum absolute atomic E-state index is 0.118. The molecule has 0 bridgehead atoms. The zero-order chi connectivity index (χ0) is 15.3. The molecule has 0 spiro atoms. The fourth-order valence-corrected chi connectivity index (χ4v) is 3.83. The average molecular weight is 310 g/mol. The third-order valence-corrected chi connectivity index (χ3v) is 5.26. The molecule has 0 radical (unpaired) electrons. The van der Waals surface area contributed by atoms with Gasteiger partial charge in [0.25, 0.3) is 10.2 Å². The van der Waals surface area contributed by atoms with Crippen LogP contribution in [0.3, 0.4) is 0 Å². The van der Waals surface area contributed by atoms with E-state index in [4.69, 9.17) is 0 Å². The summed E-state index contributed by atoms with van der Waals surface area (Å²) in [4.78, 5) is 0. The van der Waals surface area contributed by atoms with Gasteiger partial charge in [0.2, 0.25) is 0 Å². The van der Waals surface area contributed by atoms with Crippen molar-refractivity contribution in [3.63, 3.8) is 0 Å². The van der Waals surface area contributed by atoms with Crippen LogP contribution in [0.25, 0.3) is 0 Å². The molecule has 1 aliphatic rings. The Kier molecular flexibility index (Phi) is 5.79. The van der Waals surface area contributed by atoms with Crippen molar-refractivity contribution >= 4 is 10.2 Å². The first-order valence-electron chi connectivity index (χ1n) is 7.82. The Hall–Kier alpha value is -0.910. The van der Waals surface area contributed by atoms with Gasteiger partial charge in [0.15, 0.2) is 0 Å². The molecule has 1 fully saturated rings. The summed E-state index contributed by atoms with van der Waals surface area (Å²) in [6.07, 6.45) is 4.86. The summed E-state index contributed by atoms with van der Waals surface area (Å²) in [5.41, 5.74) is 2.46. The first-order chi connectivity index (χ1) is 9.96. The van der Waals surface area contributed by atoms with Crippen molar-refractivity contribution in [1.29, 1.82) is 0 Å². The van der Waals surface area contributed by atoms with Crippen LogP contribution in [0.5, 0.6) is 0 Å². The highest BCUT2D eigenvalue weighted by molar-refractivity contribution is 7.87. The molecule has 2 rings (SSSR count). The van der Waals surface area contributed by atoms with E-state index in [1.807, 2.05) is 0 Å². The molecule has 118 valence electrons. The normalized spacial score (nSPS) is 16.7. The van der Waals surface area contributed by atoms with E-state index in [1.165, 1.54) is 5.56 Å². The SMILES string of the molecule is CC(C)c1ccc(CCNS(=O)(=O)NC2CCCC2)cc1. The maximum Gasteiger partial charge on any atom is 0.277 e. The highest BCUT2D eigenvalue weighted by Crippen LogP contribution is 2.18. The second-order valence-corrected chi connectivity index (χ2v) is 7.67. The topological polar surface area (TPSA) is 58.2 Å². The van der Waals surface area contributed by atoms with Gasteiger partial charge in [0, 0.05) is 12.6 Å². The van der Waals surface area contributed by atoms with Crippen molar-refractivity contribution in [1.82, 2.24) is 9.44 Å². The van der Waals surface area contributed by atoms with E-state index < -0.39 is 10.2 Å². The molecule has 21 heavy (non-hydrogen) atoms.